The number of rotatable bonds is 7. The SMILES string of the molecule is C[C@H](Cn1cccn1)NCC(=O)N(C1CC1)[C@H]1CCS(=O)(=O)C1. The average Bonchev–Trinajstić information content (AvgIpc) is 3.06. The molecular formula is C15H24N4O3S. The van der Waals surface area contributed by atoms with E-state index in [9.17, 15) is 13.2 Å². The van der Waals surface area contributed by atoms with Crippen LogP contribution in [0.3, 0.4) is 0 Å². The second-order valence-electron chi connectivity index (χ2n) is 6.60. The molecule has 1 N–H and O–H groups in total. The molecule has 0 spiro atoms. The number of aromatic nitrogens is 2. The molecule has 128 valence electrons. The number of hydrogen-bond donors (Lipinski definition) is 1. The molecule has 2 heterocycles. The van der Waals surface area contributed by atoms with Crippen LogP contribution in [0, 0.1) is 0 Å². The molecule has 2 atom stereocenters. The Labute approximate surface area is 137 Å². The fraction of sp³-hybridized carbons (Fsp3) is 0.733. The Kier molecular flexibility index (Phi) is 4.72. The average molecular weight is 340 g/mol. The third kappa shape index (κ3) is 4.32. The Morgan fingerprint density at radius 1 is 1.39 bits per heavy atom. The van der Waals surface area contributed by atoms with Gasteiger partial charge < -0.3 is 10.2 Å². The topological polar surface area (TPSA) is 84.3 Å². The van der Waals surface area contributed by atoms with E-state index in [0.29, 0.717) is 13.0 Å². The predicted molar refractivity (Wildman–Crippen MR) is 86.6 cm³/mol. The highest BCUT2D eigenvalue weighted by Gasteiger charge is 2.41. The van der Waals surface area contributed by atoms with Crippen molar-refractivity contribution in [2.45, 2.75) is 50.9 Å². The first-order chi connectivity index (χ1) is 10.9. The van der Waals surface area contributed by atoms with Crippen molar-refractivity contribution in [2.24, 2.45) is 0 Å². The van der Waals surface area contributed by atoms with Crippen LogP contribution < -0.4 is 5.32 Å². The summed E-state index contributed by atoms with van der Waals surface area (Å²) >= 11 is 0. The van der Waals surface area contributed by atoms with Gasteiger partial charge in [0.05, 0.1) is 24.6 Å². The Morgan fingerprint density at radius 3 is 2.74 bits per heavy atom. The first-order valence-electron chi connectivity index (χ1n) is 8.17. The standard InChI is InChI=1S/C15H24N4O3S/c1-12(10-18-7-2-6-17-18)16-9-15(20)19(13-3-4-13)14-5-8-23(21,22)11-14/h2,6-7,12-14,16H,3-5,8-11H2,1H3/t12-,14+/m1/s1. The fourth-order valence-electron chi connectivity index (χ4n) is 3.16. The summed E-state index contributed by atoms with van der Waals surface area (Å²) in [7, 11) is -2.97. The van der Waals surface area contributed by atoms with Crippen molar-refractivity contribution in [3.63, 3.8) is 0 Å². The van der Waals surface area contributed by atoms with Crippen LogP contribution in [-0.4, -0.2) is 65.2 Å². The molecule has 23 heavy (non-hydrogen) atoms. The molecule has 1 saturated carbocycles. The summed E-state index contributed by atoms with van der Waals surface area (Å²) in [5.41, 5.74) is 0. The predicted octanol–water partition coefficient (Wildman–Crippen LogP) is 0.0393. The molecule has 8 heteroatoms. The fourth-order valence-corrected chi connectivity index (χ4v) is 4.87. The van der Waals surface area contributed by atoms with E-state index in [2.05, 4.69) is 10.4 Å². The number of nitrogens with zero attached hydrogens (tertiary/aromatic N) is 3. The van der Waals surface area contributed by atoms with Crippen LogP contribution in [0.25, 0.3) is 0 Å². The quantitative estimate of drug-likeness (QED) is 0.758. The zero-order valence-electron chi connectivity index (χ0n) is 13.4. The molecule has 1 aromatic rings. The van der Waals surface area contributed by atoms with Crippen LogP contribution in [0.4, 0.5) is 0 Å². The van der Waals surface area contributed by atoms with Crippen LogP contribution in [0.2, 0.25) is 0 Å². The Hall–Kier alpha value is -1.41. The summed E-state index contributed by atoms with van der Waals surface area (Å²) in [6, 6.07) is 2.09. The summed E-state index contributed by atoms with van der Waals surface area (Å²) < 4.78 is 25.2. The van der Waals surface area contributed by atoms with Crippen molar-refractivity contribution in [3.8, 4) is 0 Å². The van der Waals surface area contributed by atoms with Crippen LogP contribution in [-0.2, 0) is 21.2 Å². The number of carbonyl (C=O) groups excluding carboxylic acids is 1. The maximum atomic E-state index is 12.6. The maximum Gasteiger partial charge on any atom is 0.237 e. The van der Waals surface area contributed by atoms with Gasteiger partial charge in [0, 0.05) is 30.5 Å². The van der Waals surface area contributed by atoms with Gasteiger partial charge in [0.1, 0.15) is 0 Å². The van der Waals surface area contributed by atoms with E-state index in [-0.39, 0.29) is 42.1 Å². The second kappa shape index (κ2) is 6.60. The monoisotopic (exact) mass is 340 g/mol. The highest BCUT2D eigenvalue weighted by Crippen LogP contribution is 2.32. The van der Waals surface area contributed by atoms with Gasteiger partial charge in [0.2, 0.25) is 5.91 Å². The highest BCUT2D eigenvalue weighted by molar-refractivity contribution is 7.91. The van der Waals surface area contributed by atoms with Crippen LogP contribution in [0.1, 0.15) is 26.2 Å². The van der Waals surface area contributed by atoms with Gasteiger partial charge >= 0.3 is 0 Å². The summed E-state index contributed by atoms with van der Waals surface area (Å²) in [5.74, 6) is 0.344. The van der Waals surface area contributed by atoms with Crippen molar-refractivity contribution in [3.05, 3.63) is 18.5 Å². The van der Waals surface area contributed by atoms with E-state index in [1.54, 1.807) is 6.20 Å². The van der Waals surface area contributed by atoms with Crippen LogP contribution in [0.5, 0.6) is 0 Å². The zero-order chi connectivity index (χ0) is 16.4. The first-order valence-corrected chi connectivity index (χ1v) is 9.99. The van der Waals surface area contributed by atoms with E-state index < -0.39 is 9.84 Å². The van der Waals surface area contributed by atoms with Crippen molar-refractivity contribution in [1.82, 2.24) is 20.0 Å². The lowest BCUT2D eigenvalue weighted by Crippen LogP contribution is -2.48. The molecule has 2 aliphatic rings. The maximum absolute atomic E-state index is 12.6. The van der Waals surface area contributed by atoms with Gasteiger partial charge in [-0.15, -0.1) is 0 Å². The first kappa shape index (κ1) is 16.4. The van der Waals surface area contributed by atoms with Gasteiger partial charge in [0.15, 0.2) is 9.84 Å². The normalized spacial score (nSPS) is 24.5. The van der Waals surface area contributed by atoms with Crippen molar-refractivity contribution < 1.29 is 13.2 Å². The van der Waals surface area contributed by atoms with Crippen molar-refractivity contribution >= 4 is 15.7 Å². The Morgan fingerprint density at radius 2 is 2.17 bits per heavy atom. The van der Waals surface area contributed by atoms with E-state index in [1.165, 1.54) is 0 Å². The molecular weight excluding hydrogens is 316 g/mol. The molecule has 1 aliphatic heterocycles. The van der Waals surface area contributed by atoms with Gasteiger partial charge in [-0.3, -0.25) is 9.48 Å². The minimum Gasteiger partial charge on any atom is -0.335 e. The van der Waals surface area contributed by atoms with E-state index in [0.717, 1.165) is 12.8 Å². The molecule has 1 aromatic heterocycles. The Bertz CT molecular complexity index is 640. The molecule has 0 unspecified atom stereocenters. The van der Waals surface area contributed by atoms with E-state index >= 15 is 0 Å². The molecule has 1 amide bonds. The lowest BCUT2D eigenvalue weighted by atomic mass is 10.2. The van der Waals surface area contributed by atoms with Crippen molar-refractivity contribution in [2.75, 3.05) is 18.1 Å². The molecule has 2 fully saturated rings. The molecule has 7 nitrogen and oxygen atoms in total. The third-order valence-electron chi connectivity index (χ3n) is 4.45. The summed E-state index contributed by atoms with van der Waals surface area (Å²) in [6.45, 7) is 2.95. The largest absolute Gasteiger partial charge is 0.335 e. The highest BCUT2D eigenvalue weighted by atomic mass is 32.2. The van der Waals surface area contributed by atoms with Crippen molar-refractivity contribution in [1.29, 1.82) is 0 Å². The number of hydrogen-bond acceptors (Lipinski definition) is 5. The van der Waals surface area contributed by atoms with Crippen LogP contribution >= 0.6 is 0 Å². The number of amides is 1. The summed E-state index contributed by atoms with van der Waals surface area (Å²) in [5, 5.41) is 7.38. The van der Waals surface area contributed by atoms with Gasteiger partial charge in [-0.1, -0.05) is 0 Å². The molecule has 0 aromatic carbocycles. The minimum absolute atomic E-state index is 0.0157. The summed E-state index contributed by atoms with van der Waals surface area (Å²) in [6.07, 6.45) is 6.18. The number of carbonyl (C=O) groups is 1. The smallest absolute Gasteiger partial charge is 0.237 e. The van der Waals surface area contributed by atoms with E-state index in [1.807, 2.05) is 28.8 Å². The van der Waals surface area contributed by atoms with Gasteiger partial charge in [-0.25, -0.2) is 8.42 Å². The summed E-state index contributed by atoms with van der Waals surface area (Å²) in [4.78, 5) is 14.4. The molecule has 1 aliphatic carbocycles. The second-order valence-corrected chi connectivity index (χ2v) is 8.83. The third-order valence-corrected chi connectivity index (χ3v) is 6.20. The minimum atomic E-state index is -2.97. The molecule has 3 rings (SSSR count). The number of nitrogens with one attached hydrogen (secondary N) is 1. The van der Waals surface area contributed by atoms with Crippen LogP contribution in [0.15, 0.2) is 18.5 Å². The Balaban J connectivity index is 1.53. The molecule has 0 radical (unpaired) electrons. The lowest BCUT2D eigenvalue weighted by Gasteiger charge is -2.29. The molecule has 1 saturated heterocycles. The zero-order valence-corrected chi connectivity index (χ0v) is 14.2. The van der Waals surface area contributed by atoms with E-state index in [4.69, 9.17) is 0 Å². The lowest BCUT2D eigenvalue weighted by molar-refractivity contribution is -0.132. The van der Waals surface area contributed by atoms with Gasteiger partial charge in [-0.05, 0) is 32.3 Å². The number of sulfone groups is 1. The van der Waals surface area contributed by atoms with Gasteiger partial charge in [-0.2, -0.15) is 5.10 Å². The van der Waals surface area contributed by atoms with Gasteiger partial charge in [0.25, 0.3) is 0 Å². The molecule has 0 bridgehead atoms.